The van der Waals surface area contributed by atoms with Crippen molar-refractivity contribution in [3.05, 3.63) is 35.4 Å². The molecule has 1 unspecified atom stereocenters. The molecule has 1 aromatic rings. The van der Waals surface area contributed by atoms with Gasteiger partial charge in [0.25, 0.3) is 5.91 Å². The van der Waals surface area contributed by atoms with E-state index in [1.165, 1.54) is 0 Å². The summed E-state index contributed by atoms with van der Waals surface area (Å²) in [5, 5.41) is 2.72. The van der Waals surface area contributed by atoms with Crippen LogP contribution < -0.4 is 11.1 Å². The highest BCUT2D eigenvalue weighted by molar-refractivity contribution is 5.94. The molecule has 0 radical (unpaired) electrons. The van der Waals surface area contributed by atoms with Crippen LogP contribution in [0, 0.1) is 0 Å². The molecular formula is C13H17F3N2O. The average molecular weight is 274 g/mol. The maximum atomic E-state index is 12.4. The van der Waals surface area contributed by atoms with Crippen LogP contribution in [-0.4, -0.2) is 18.0 Å². The van der Waals surface area contributed by atoms with Crippen LogP contribution in [0.25, 0.3) is 0 Å². The fourth-order valence-corrected chi connectivity index (χ4v) is 1.44. The summed E-state index contributed by atoms with van der Waals surface area (Å²) in [7, 11) is 0. The normalized spacial score (nSPS) is 14.8. The lowest BCUT2D eigenvalue weighted by molar-refractivity contribution is -0.137. The van der Waals surface area contributed by atoms with Crippen molar-refractivity contribution in [1.82, 2.24) is 5.32 Å². The van der Waals surface area contributed by atoms with E-state index in [1.54, 1.807) is 6.92 Å². The fourth-order valence-electron chi connectivity index (χ4n) is 1.44. The monoisotopic (exact) mass is 274 g/mol. The van der Waals surface area contributed by atoms with Crippen molar-refractivity contribution < 1.29 is 18.0 Å². The molecule has 1 rings (SSSR count). The second kappa shape index (κ2) is 5.61. The third-order valence-corrected chi connectivity index (χ3v) is 3.12. The van der Waals surface area contributed by atoms with Crippen LogP contribution in [-0.2, 0) is 6.18 Å². The second-order valence-corrected chi connectivity index (χ2v) is 4.65. The van der Waals surface area contributed by atoms with E-state index in [2.05, 4.69) is 5.32 Å². The number of rotatable bonds is 4. The molecule has 0 aliphatic heterocycles. The molecule has 1 atom stereocenters. The summed E-state index contributed by atoms with van der Waals surface area (Å²) in [5.41, 5.74) is 4.41. The summed E-state index contributed by atoms with van der Waals surface area (Å²) in [6, 6.07) is 4.09. The zero-order chi connectivity index (χ0) is 14.7. The van der Waals surface area contributed by atoms with Crippen molar-refractivity contribution >= 4 is 5.91 Å². The number of benzene rings is 1. The molecular weight excluding hydrogens is 257 g/mol. The van der Waals surface area contributed by atoms with Gasteiger partial charge in [0.05, 0.1) is 5.56 Å². The largest absolute Gasteiger partial charge is 0.416 e. The summed E-state index contributed by atoms with van der Waals surface area (Å²) >= 11 is 0. The Bertz CT molecular complexity index is 436. The Balaban J connectivity index is 2.85. The molecule has 0 saturated carbocycles. The first-order chi connectivity index (χ1) is 8.72. The zero-order valence-corrected chi connectivity index (χ0v) is 10.8. The molecule has 0 fully saturated rings. The Kier molecular flexibility index (Phi) is 4.57. The van der Waals surface area contributed by atoms with Gasteiger partial charge in [0.2, 0.25) is 0 Å². The van der Waals surface area contributed by atoms with E-state index in [1.807, 2.05) is 6.92 Å². The predicted molar refractivity (Wildman–Crippen MR) is 66.7 cm³/mol. The van der Waals surface area contributed by atoms with E-state index < -0.39 is 23.2 Å². The van der Waals surface area contributed by atoms with Crippen molar-refractivity contribution in [2.45, 2.75) is 32.0 Å². The minimum atomic E-state index is -4.40. The molecule has 106 valence electrons. The number of alkyl halides is 3. The first kappa shape index (κ1) is 15.5. The van der Waals surface area contributed by atoms with Gasteiger partial charge >= 0.3 is 6.18 Å². The average Bonchev–Trinajstić information content (AvgIpc) is 2.37. The minimum Gasteiger partial charge on any atom is -0.346 e. The van der Waals surface area contributed by atoms with Crippen molar-refractivity contribution in [2.24, 2.45) is 5.73 Å². The number of halogens is 3. The summed E-state index contributed by atoms with van der Waals surface area (Å²) in [6.07, 6.45) is -3.76. The van der Waals surface area contributed by atoms with Crippen LogP contribution in [0.3, 0.4) is 0 Å². The van der Waals surface area contributed by atoms with E-state index >= 15 is 0 Å². The van der Waals surface area contributed by atoms with Gasteiger partial charge in [-0.2, -0.15) is 13.2 Å². The summed E-state index contributed by atoms with van der Waals surface area (Å²) in [5.74, 6) is -0.427. The van der Waals surface area contributed by atoms with Gasteiger partial charge in [-0.1, -0.05) is 6.92 Å². The van der Waals surface area contributed by atoms with Crippen LogP contribution >= 0.6 is 0 Å². The van der Waals surface area contributed by atoms with Gasteiger partial charge in [-0.3, -0.25) is 4.79 Å². The highest BCUT2D eigenvalue weighted by atomic mass is 19.4. The minimum absolute atomic E-state index is 0.182. The van der Waals surface area contributed by atoms with Crippen molar-refractivity contribution in [2.75, 3.05) is 6.54 Å². The SMILES string of the molecule is CCC(C)(CN)NC(=O)c1ccc(C(F)(F)F)cc1. The van der Waals surface area contributed by atoms with Gasteiger partial charge in [0.15, 0.2) is 0 Å². The van der Waals surface area contributed by atoms with E-state index in [9.17, 15) is 18.0 Å². The molecule has 0 saturated heterocycles. The zero-order valence-electron chi connectivity index (χ0n) is 10.8. The first-order valence-corrected chi connectivity index (χ1v) is 5.91. The number of nitrogens with one attached hydrogen (secondary N) is 1. The topological polar surface area (TPSA) is 55.1 Å². The van der Waals surface area contributed by atoms with E-state index in [0.29, 0.717) is 6.42 Å². The van der Waals surface area contributed by atoms with Crippen LogP contribution in [0.2, 0.25) is 0 Å². The van der Waals surface area contributed by atoms with Gasteiger partial charge in [-0.25, -0.2) is 0 Å². The quantitative estimate of drug-likeness (QED) is 0.886. The second-order valence-electron chi connectivity index (χ2n) is 4.65. The van der Waals surface area contributed by atoms with Crippen LogP contribution in [0.5, 0.6) is 0 Å². The summed E-state index contributed by atoms with van der Waals surface area (Å²) < 4.78 is 37.2. The highest BCUT2D eigenvalue weighted by Crippen LogP contribution is 2.29. The lowest BCUT2D eigenvalue weighted by Gasteiger charge is -2.28. The number of hydrogen-bond donors (Lipinski definition) is 2. The molecule has 1 aromatic carbocycles. The van der Waals surface area contributed by atoms with Gasteiger partial charge in [-0.05, 0) is 37.6 Å². The molecule has 0 spiro atoms. The maximum absolute atomic E-state index is 12.4. The maximum Gasteiger partial charge on any atom is 0.416 e. The third kappa shape index (κ3) is 3.96. The fraction of sp³-hybridized carbons (Fsp3) is 0.462. The Hall–Kier alpha value is -1.56. The van der Waals surface area contributed by atoms with Gasteiger partial charge < -0.3 is 11.1 Å². The molecule has 6 heteroatoms. The lowest BCUT2D eigenvalue weighted by atomic mass is 9.98. The molecule has 3 N–H and O–H groups in total. The molecule has 19 heavy (non-hydrogen) atoms. The lowest BCUT2D eigenvalue weighted by Crippen LogP contribution is -2.50. The van der Waals surface area contributed by atoms with Crippen molar-refractivity contribution in [1.29, 1.82) is 0 Å². The standard InChI is InChI=1S/C13H17F3N2O/c1-3-12(2,8-17)18-11(19)9-4-6-10(7-5-9)13(14,15)16/h4-7H,3,8,17H2,1-2H3,(H,18,19). The summed E-state index contributed by atoms with van der Waals surface area (Å²) in [6.45, 7) is 3.92. The highest BCUT2D eigenvalue weighted by Gasteiger charge is 2.30. The number of nitrogens with two attached hydrogens (primary N) is 1. The number of carbonyl (C=O) groups excluding carboxylic acids is 1. The van der Waals surface area contributed by atoms with E-state index in [0.717, 1.165) is 24.3 Å². The first-order valence-electron chi connectivity index (χ1n) is 5.91. The Labute approximate surface area is 110 Å². The Morgan fingerprint density at radius 2 is 1.79 bits per heavy atom. The van der Waals surface area contributed by atoms with Crippen molar-refractivity contribution in [3.63, 3.8) is 0 Å². The molecule has 0 heterocycles. The van der Waals surface area contributed by atoms with Crippen LogP contribution in [0.4, 0.5) is 13.2 Å². The molecule has 0 bridgehead atoms. The predicted octanol–water partition coefficient (Wildman–Crippen LogP) is 2.56. The van der Waals surface area contributed by atoms with Crippen molar-refractivity contribution in [3.8, 4) is 0 Å². The van der Waals surface area contributed by atoms with Gasteiger partial charge in [-0.15, -0.1) is 0 Å². The number of carbonyl (C=O) groups is 1. The Morgan fingerprint density at radius 1 is 1.26 bits per heavy atom. The molecule has 0 aromatic heterocycles. The van der Waals surface area contributed by atoms with Gasteiger partial charge in [0.1, 0.15) is 0 Å². The van der Waals surface area contributed by atoms with E-state index in [-0.39, 0.29) is 12.1 Å². The molecule has 0 aliphatic carbocycles. The number of amides is 1. The molecule has 1 amide bonds. The van der Waals surface area contributed by atoms with Crippen LogP contribution in [0.15, 0.2) is 24.3 Å². The molecule has 3 nitrogen and oxygen atoms in total. The number of hydrogen-bond acceptors (Lipinski definition) is 2. The molecule has 0 aliphatic rings. The smallest absolute Gasteiger partial charge is 0.346 e. The third-order valence-electron chi connectivity index (χ3n) is 3.12. The van der Waals surface area contributed by atoms with Gasteiger partial charge in [0, 0.05) is 17.6 Å². The Morgan fingerprint density at radius 3 is 2.16 bits per heavy atom. The van der Waals surface area contributed by atoms with Crippen LogP contribution in [0.1, 0.15) is 36.2 Å². The van der Waals surface area contributed by atoms with E-state index in [4.69, 9.17) is 5.73 Å². The summed E-state index contributed by atoms with van der Waals surface area (Å²) in [4.78, 5) is 11.9.